The van der Waals surface area contributed by atoms with Crippen LogP contribution in [-0.4, -0.2) is 43.1 Å². The largest absolute Gasteiger partial charge is 0.423 e. The van der Waals surface area contributed by atoms with E-state index in [0.717, 1.165) is 37.3 Å². The molecule has 0 saturated carbocycles. The van der Waals surface area contributed by atoms with Crippen LogP contribution in [-0.2, 0) is 0 Å². The van der Waals surface area contributed by atoms with Gasteiger partial charge in [-0.05, 0) is 19.2 Å². The number of oxazole rings is 1. The van der Waals surface area contributed by atoms with Gasteiger partial charge < -0.3 is 20.0 Å². The molecule has 1 aromatic heterocycles. The summed E-state index contributed by atoms with van der Waals surface area (Å²) in [6.45, 7) is 4.00. The summed E-state index contributed by atoms with van der Waals surface area (Å²) in [5.41, 5.74) is 8.06. The summed E-state index contributed by atoms with van der Waals surface area (Å²) in [7, 11) is 2.13. The minimum absolute atomic E-state index is 0.707. The average Bonchev–Trinajstić information content (AvgIpc) is 2.72. The summed E-state index contributed by atoms with van der Waals surface area (Å²) in [6.07, 6.45) is 0. The third-order valence-electron chi connectivity index (χ3n) is 3.18. The summed E-state index contributed by atoms with van der Waals surface area (Å²) in [5.74, 6) is 0. The van der Waals surface area contributed by atoms with Gasteiger partial charge in [-0.1, -0.05) is 0 Å². The molecular formula is C12H16N4O. The van der Waals surface area contributed by atoms with Crippen LogP contribution in [0.25, 0.3) is 11.1 Å². The molecule has 1 aliphatic rings. The molecule has 1 aromatic carbocycles. The molecule has 1 aliphatic heterocycles. The molecule has 5 nitrogen and oxygen atoms in total. The Labute approximate surface area is 99.8 Å². The zero-order chi connectivity index (χ0) is 11.8. The third-order valence-corrected chi connectivity index (χ3v) is 3.18. The molecule has 1 fully saturated rings. The van der Waals surface area contributed by atoms with Gasteiger partial charge in [0.05, 0.1) is 0 Å². The van der Waals surface area contributed by atoms with Crippen molar-refractivity contribution >= 4 is 22.8 Å². The van der Waals surface area contributed by atoms with Crippen molar-refractivity contribution in [3.05, 3.63) is 18.2 Å². The van der Waals surface area contributed by atoms with Gasteiger partial charge in [0.2, 0.25) is 0 Å². The van der Waals surface area contributed by atoms with E-state index in [9.17, 15) is 0 Å². The molecule has 5 heteroatoms. The van der Waals surface area contributed by atoms with Gasteiger partial charge in [-0.2, -0.15) is 4.98 Å². The van der Waals surface area contributed by atoms with E-state index in [2.05, 4.69) is 21.8 Å². The number of nitrogens with zero attached hydrogens (tertiary/aromatic N) is 3. The Kier molecular flexibility index (Phi) is 2.40. The SMILES string of the molecule is CN1CCN(c2nc3ccc(N)cc3o2)CC1. The number of piperazine rings is 1. The van der Waals surface area contributed by atoms with Gasteiger partial charge in [0.1, 0.15) is 5.52 Å². The maximum Gasteiger partial charge on any atom is 0.298 e. The highest BCUT2D eigenvalue weighted by molar-refractivity contribution is 5.78. The van der Waals surface area contributed by atoms with E-state index < -0.39 is 0 Å². The predicted molar refractivity (Wildman–Crippen MR) is 68.1 cm³/mol. The third kappa shape index (κ3) is 1.93. The van der Waals surface area contributed by atoms with E-state index in [4.69, 9.17) is 10.2 Å². The number of rotatable bonds is 1. The minimum Gasteiger partial charge on any atom is -0.423 e. The van der Waals surface area contributed by atoms with Crippen LogP contribution >= 0.6 is 0 Å². The van der Waals surface area contributed by atoms with Gasteiger partial charge in [0.25, 0.3) is 6.01 Å². The monoisotopic (exact) mass is 232 g/mol. The maximum atomic E-state index is 5.74. The highest BCUT2D eigenvalue weighted by atomic mass is 16.4. The van der Waals surface area contributed by atoms with Crippen LogP contribution in [0.2, 0.25) is 0 Å². The smallest absolute Gasteiger partial charge is 0.298 e. The van der Waals surface area contributed by atoms with Crippen LogP contribution in [0.5, 0.6) is 0 Å². The lowest BCUT2D eigenvalue weighted by Gasteiger charge is -2.31. The summed E-state index contributed by atoms with van der Waals surface area (Å²) in [6, 6.07) is 6.27. The highest BCUT2D eigenvalue weighted by Crippen LogP contribution is 2.24. The van der Waals surface area contributed by atoms with Crippen molar-refractivity contribution in [1.29, 1.82) is 0 Å². The summed E-state index contributed by atoms with van der Waals surface area (Å²) < 4.78 is 5.74. The first-order chi connectivity index (χ1) is 8.22. The van der Waals surface area contributed by atoms with Crippen molar-refractivity contribution in [3.63, 3.8) is 0 Å². The number of aromatic nitrogens is 1. The molecule has 0 bridgehead atoms. The Bertz CT molecular complexity index is 528. The fourth-order valence-corrected chi connectivity index (χ4v) is 2.06. The fourth-order valence-electron chi connectivity index (χ4n) is 2.06. The molecule has 0 unspecified atom stereocenters. The summed E-state index contributed by atoms with van der Waals surface area (Å²) in [5, 5.41) is 0. The molecule has 2 N–H and O–H groups in total. The highest BCUT2D eigenvalue weighted by Gasteiger charge is 2.18. The second kappa shape index (κ2) is 3.92. The topological polar surface area (TPSA) is 58.5 Å². The number of nitrogens with two attached hydrogens (primary N) is 1. The van der Waals surface area contributed by atoms with Crippen LogP contribution in [0, 0.1) is 0 Å². The van der Waals surface area contributed by atoms with E-state index in [-0.39, 0.29) is 0 Å². The molecular weight excluding hydrogens is 216 g/mol. The number of benzene rings is 1. The lowest BCUT2D eigenvalue weighted by molar-refractivity contribution is 0.305. The second-order valence-corrected chi connectivity index (χ2v) is 4.51. The van der Waals surface area contributed by atoms with Gasteiger partial charge in [0.15, 0.2) is 5.58 Å². The van der Waals surface area contributed by atoms with E-state index in [1.54, 1.807) is 0 Å². The number of hydrogen-bond donors (Lipinski definition) is 1. The van der Waals surface area contributed by atoms with Crippen LogP contribution in [0.4, 0.5) is 11.7 Å². The van der Waals surface area contributed by atoms with E-state index in [0.29, 0.717) is 11.7 Å². The Morgan fingerprint density at radius 1 is 1.24 bits per heavy atom. The number of nitrogen functional groups attached to an aromatic ring is 1. The molecule has 0 atom stereocenters. The van der Waals surface area contributed by atoms with Crippen molar-refractivity contribution < 1.29 is 4.42 Å². The quantitative estimate of drug-likeness (QED) is 0.748. The first kappa shape index (κ1) is 10.4. The van der Waals surface area contributed by atoms with E-state index in [1.807, 2.05) is 18.2 Å². The lowest BCUT2D eigenvalue weighted by atomic mass is 10.3. The van der Waals surface area contributed by atoms with Crippen molar-refractivity contribution in [3.8, 4) is 0 Å². The average molecular weight is 232 g/mol. The number of anilines is 2. The summed E-state index contributed by atoms with van der Waals surface area (Å²) in [4.78, 5) is 8.97. The van der Waals surface area contributed by atoms with Crippen molar-refractivity contribution in [2.45, 2.75) is 0 Å². The molecule has 0 amide bonds. The van der Waals surface area contributed by atoms with Gasteiger partial charge in [-0.3, -0.25) is 0 Å². The Balaban J connectivity index is 1.90. The Hall–Kier alpha value is -1.75. The van der Waals surface area contributed by atoms with Gasteiger partial charge in [0, 0.05) is 37.9 Å². The van der Waals surface area contributed by atoms with Crippen molar-refractivity contribution in [2.24, 2.45) is 0 Å². The van der Waals surface area contributed by atoms with Crippen LogP contribution in [0.3, 0.4) is 0 Å². The molecule has 0 spiro atoms. The maximum absolute atomic E-state index is 5.74. The molecule has 0 radical (unpaired) electrons. The predicted octanol–water partition coefficient (Wildman–Crippen LogP) is 1.16. The number of likely N-dealkylation sites (N-methyl/N-ethyl adjacent to an activating group) is 1. The van der Waals surface area contributed by atoms with E-state index in [1.165, 1.54) is 0 Å². The first-order valence-corrected chi connectivity index (χ1v) is 5.82. The zero-order valence-electron chi connectivity index (χ0n) is 9.89. The van der Waals surface area contributed by atoms with Crippen LogP contribution < -0.4 is 10.6 Å². The lowest BCUT2D eigenvalue weighted by Crippen LogP contribution is -2.44. The van der Waals surface area contributed by atoms with Gasteiger partial charge >= 0.3 is 0 Å². The van der Waals surface area contributed by atoms with E-state index >= 15 is 0 Å². The normalized spacial score (nSPS) is 17.8. The molecule has 0 aliphatic carbocycles. The van der Waals surface area contributed by atoms with Crippen molar-refractivity contribution in [1.82, 2.24) is 9.88 Å². The van der Waals surface area contributed by atoms with Crippen molar-refractivity contribution in [2.75, 3.05) is 43.9 Å². The molecule has 90 valence electrons. The van der Waals surface area contributed by atoms with Crippen LogP contribution in [0.15, 0.2) is 22.6 Å². The molecule has 3 rings (SSSR count). The standard InChI is InChI=1S/C12H16N4O/c1-15-4-6-16(7-5-15)12-14-10-3-2-9(13)8-11(10)17-12/h2-3,8H,4-7,13H2,1H3. The van der Waals surface area contributed by atoms with Crippen LogP contribution in [0.1, 0.15) is 0 Å². The number of fused-ring (bicyclic) bond motifs is 1. The molecule has 2 aromatic rings. The van der Waals surface area contributed by atoms with Gasteiger partial charge in [-0.15, -0.1) is 0 Å². The zero-order valence-corrected chi connectivity index (χ0v) is 9.89. The van der Waals surface area contributed by atoms with Gasteiger partial charge in [-0.25, -0.2) is 0 Å². The molecule has 17 heavy (non-hydrogen) atoms. The fraction of sp³-hybridized carbons (Fsp3) is 0.417. The molecule has 2 heterocycles. The second-order valence-electron chi connectivity index (χ2n) is 4.51. The Morgan fingerprint density at radius 3 is 2.76 bits per heavy atom. The minimum atomic E-state index is 0.707. The molecule has 1 saturated heterocycles. The first-order valence-electron chi connectivity index (χ1n) is 5.82. The Morgan fingerprint density at radius 2 is 2.00 bits per heavy atom. The number of hydrogen-bond acceptors (Lipinski definition) is 5. The summed E-state index contributed by atoms with van der Waals surface area (Å²) >= 11 is 0.